The number of hydrogen-bond acceptors (Lipinski definition) is 2. The van der Waals surface area contributed by atoms with Crippen LogP contribution in [0, 0.1) is 0 Å². The van der Waals surface area contributed by atoms with Gasteiger partial charge in [0, 0.05) is 0 Å². The molecule has 1 aromatic rings. The van der Waals surface area contributed by atoms with E-state index in [-0.39, 0.29) is 11.1 Å². The Balaban J connectivity index is 3.86. The van der Waals surface area contributed by atoms with Crippen molar-refractivity contribution in [3.63, 3.8) is 0 Å². The van der Waals surface area contributed by atoms with Crippen LogP contribution in [0.15, 0.2) is 0 Å². The monoisotopic (exact) mass is 362 g/mol. The molecule has 0 aliphatic heterocycles. The quantitative estimate of drug-likeness (QED) is 0.502. The summed E-state index contributed by atoms with van der Waals surface area (Å²) < 4.78 is 0. The highest BCUT2D eigenvalue weighted by atomic mass is 16.4. The molecule has 0 heterocycles. The van der Waals surface area contributed by atoms with Crippen LogP contribution in [0.2, 0.25) is 0 Å². The summed E-state index contributed by atoms with van der Waals surface area (Å²) in [5.41, 5.74) is 3.79. The minimum absolute atomic E-state index is 0.0254. The van der Waals surface area contributed by atoms with E-state index in [0.717, 1.165) is 73.6 Å². The molecule has 4 nitrogen and oxygen atoms in total. The summed E-state index contributed by atoms with van der Waals surface area (Å²) in [5.74, 6) is -2.22. The summed E-state index contributed by atoms with van der Waals surface area (Å²) in [6.07, 6.45) is 8.73. The Bertz CT molecular complexity index is 632. The average Bonchev–Trinajstić information content (AvgIpc) is 2.61. The highest BCUT2D eigenvalue weighted by Gasteiger charge is 2.29. The van der Waals surface area contributed by atoms with Crippen LogP contribution >= 0.6 is 0 Å². The molecule has 0 spiro atoms. The van der Waals surface area contributed by atoms with Gasteiger partial charge in [-0.3, -0.25) is 0 Å². The topological polar surface area (TPSA) is 74.6 Å². The molecule has 146 valence electrons. The third kappa shape index (κ3) is 5.09. The van der Waals surface area contributed by atoms with Crippen molar-refractivity contribution in [3.8, 4) is 0 Å². The first-order valence-corrected chi connectivity index (χ1v) is 10.1. The van der Waals surface area contributed by atoms with Crippen molar-refractivity contribution in [1.82, 2.24) is 0 Å². The molecule has 0 radical (unpaired) electrons. The second-order valence-electron chi connectivity index (χ2n) is 6.94. The second-order valence-corrected chi connectivity index (χ2v) is 6.94. The van der Waals surface area contributed by atoms with E-state index < -0.39 is 11.9 Å². The van der Waals surface area contributed by atoms with E-state index in [9.17, 15) is 19.8 Å². The normalized spacial score (nSPS) is 10.9. The van der Waals surface area contributed by atoms with Gasteiger partial charge in [-0.15, -0.1) is 0 Å². The van der Waals surface area contributed by atoms with E-state index >= 15 is 0 Å². The minimum Gasteiger partial charge on any atom is -0.478 e. The van der Waals surface area contributed by atoms with Crippen LogP contribution in [0.3, 0.4) is 0 Å². The fourth-order valence-corrected chi connectivity index (χ4v) is 3.77. The van der Waals surface area contributed by atoms with Gasteiger partial charge in [-0.05, 0) is 67.2 Å². The van der Waals surface area contributed by atoms with E-state index in [0.29, 0.717) is 12.8 Å². The first kappa shape index (κ1) is 22.2. The Morgan fingerprint density at radius 2 is 0.962 bits per heavy atom. The van der Waals surface area contributed by atoms with Crippen LogP contribution in [0.4, 0.5) is 0 Å². The maximum Gasteiger partial charge on any atom is 0.336 e. The number of rotatable bonds is 12. The second kappa shape index (κ2) is 11.0. The van der Waals surface area contributed by atoms with Crippen LogP contribution in [-0.4, -0.2) is 22.2 Å². The van der Waals surface area contributed by atoms with Crippen molar-refractivity contribution in [2.75, 3.05) is 0 Å². The standard InChI is InChI=1S/C22H34O4/c1-5-9-12-16-15(8-4)19(21(23)24)20(22(25)26)18(14-11-7-3)17(16)13-10-6-2/h5-14H2,1-4H3,(H,23,24)(H,25,26). The molecule has 0 unspecified atom stereocenters. The van der Waals surface area contributed by atoms with E-state index in [2.05, 4.69) is 20.8 Å². The minimum atomic E-state index is -1.11. The predicted molar refractivity (Wildman–Crippen MR) is 106 cm³/mol. The smallest absolute Gasteiger partial charge is 0.336 e. The van der Waals surface area contributed by atoms with Gasteiger partial charge in [0.25, 0.3) is 0 Å². The van der Waals surface area contributed by atoms with E-state index in [1.165, 1.54) is 0 Å². The summed E-state index contributed by atoms with van der Waals surface area (Å²) in [7, 11) is 0. The van der Waals surface area contributed by atoms with E-state index in [1.807, 2.05) is 6.92 Å². The number of carboxylic acid groups (broad SMARTS) is 2. The van der Waals surface area contributed by atoms with Gasteiger partial charge in [-0.2, -0.15) is 0 Å². The molecular weight excluding hydrogens is 328 g/mol. The lowest BCUT2D eigenvalue weighted by Crippen LogP contribution is -2.20. The maximum atomic E-state index is 12.1. The molecular formula is C22H34O4. The fraction of sp³-hybridized carbons (Fsp3) is 0.636. The van der Waals surface area contributed by atoms with Crippen LogP contribution in [0.5, 0.6) is 0 Å². The zero-order valence-electron chi connectivity index (χ0n) is 16.8. The number of aromatic carboxylic acids is 2. The van der Waals surface area contributed by atoms with Gasteiger partial charge in [0.15, 0.2) is 0 Å². The lowest BCUT2D eigenvalue weighted by Gasteiger charge is -2.24. The fourth-order valence-electron chi connectivity index (χ4n) is 3.77. The Morgan fingerprint density at radius 1 is 0.615 bits per heavy atom. The molecule has 0 aromatic heterocycles. The summed E-state index contributed by atoms with van der Waals surface area (Å²) in [5, 5.41) is 19.7. The van der Waals surface area contributed by atoms with Crippen molar-refractivity contribution >= 4 is 11.9 Å². The highest BCUT2D eigenvalue weighted by Crippen LogP contribution is 2.33. The molecule has 4 heteroatoms. The Kier molecular flexibility index (Phi) is 9.39. The van der Waals surface area contributed by atoms with Crippen molar-refractivity contribution in [2.24, 2.45) is 0 Å². The first-order chi connectivity index (χ1) is 12.4. The van der Waals surface area contributed by atoms with Crippen molar-refractivity contribution < 1.29 is 19.8 Å². The molecule has 0 aliphatic rings. The number of unbranched alkanes of at least 4 members (excludes halogenated alkanes) is 3. The van der Waals surface area contributed by atoms with Crippen molar-refractivity contribution in [1.29, 1.82) is 0 Å². The Morgan fingerprint density at radius 3 is 1.31 bits per heavy atom. The van der Waals surface area contributed by atoms with Gasteiger partial charge >= 0.3 is 11.9 Å². The number of carboxylic acids is 2. The Hall–Kier alpha value is -1.84. The molecule has 1 aromatic carbocycles. The predicted octanol–water partition coefficient (Wildman–Crippen LogP) is 5.67. The molecule has 1 rings (SSSR count). The highest BCUT2D eigenvalue weighted by molar-refractivity contribution is 6.04. The van der Waals surface area contributed by atoms with E-state index in [4.69, 9.17) is 0 Å². The summed E-state index contributed by atoms with van der Waals surface area (Å²) in [4.78, 5) is 24.1. The Labute approximate surface area is 157 Å². The average molecular weight is 363 g/mol. The van der Waals surface area contributed by atoms with Crippen LogP contribution in [0.25, 0.3) is 0 Å². The molecule has 0 saturated heterocycles. The number of benzene rings is 1. The van der Waals surface area contributed by atoms with Gasteiger partial charge in [0.2, 0.25) is 0 Å². The van der Waals surface area contributed by atoms with Gasteiger partial charge in [-0.25, -0.2) is 9.59 Å². The largest absolute Gasteiger partial charge is 0.478 e. The van der Waals surface area contributed by atoms with Gasteiger partial charge in [0.1, 0.15) is 0 Å². The molecule has 0 amide bonds. The zero-order valence-corrected chi connectivity index (χ0v) is 16.8. The summed E-state index contributed by atoms with van der Waals surface area (Å²) in [6, 6.07) is 0. The van der Waals surface area contributed by atoms with Gasteiger partial charge in [0.05, 0.1) is 11.1 Å². The van der Waals surface area contributed by atoms with E-state index in [1.54, 1.807) is 0 Å². The molecule has 0 fully saturated rings. The van der Waals surface area contributed by atoms with Gasteiger partial charge in [-0.1, -0.05) is 47.0 Å². The molecule has 0 atom stereocenters. The van der Waals surface area contributed by atoms with Gasteiger partial charge < -0.3 is 10.2 Å². The summed E-state index contributed by atoms with van der Waals surface area (Å²) in [6.45, 7) is 8.25. The lowest BCUT2D eigenvalue weighted by molar-refractivity contribution is 0.0649. The summed E-state index contributed by atoms with van der Waals surface area (Å²) >= 11 is 0. The number of carbonyl (C=O) groups is 2. The lowest BCUT2D eigenvalue weighted by atomic mass is 9.80. The molecule has 2 N–H and O–H groups in total. The third-order valence-electron chi connectivity index (χ3n) is 5.07. The molecule has 26 heavy (non-hydrogen) atoms. The molecule has 0 bridgehead atoms. The van der Waals surface area contributed by atoms with Crippen LogP contribution < -0.4 is 0 Å². The maximum absolute atomic E-state index is 12.1. The van der Waals surface area contributed by atoms with Crippen molar-refractivity contribution in [3.05, 3.63) is 33.4 Å². The zero-order chi connectivity index (χ0) is 19.7. The van der Waals surface area contributed by atoms with Crippen molar-refractivity contribution in [2.45, 2.75) is 91.9 Å². The first-order valence-electron chi connectivity index (χ1n) is 10.1. The van der Waals surface area contributed by atoms with Crippen LogP contribution in [-0.2, 0) is 25.7 Å². The number of hydrogen-bond donors (Lipinski definition) is 2. The molecule has 0 saturated carbocycles. The SMILES string of the molecule is CCCCc1c(CCCC)c(CCCC)c(C(=O)O)c(C(=O)O)c1CC. The van der Waals surface area contributed by atoms with Crippen LogP contribution in [0.1, 0.15) is 109 Å². The third-order valence-corrected chi connectivity index (χ3v) is 5.07. The molecule has 0 aliphatic carbocycles.